The van der Waals surface area contributed by atoms with Crippen LogP contribution >= 0.6 is 23.4 Å². The maximum absolute atomic E-state index is 11.4. The van der Waals surface area contributed by atoms with E-state index in [1.54, 1.807) is 6.92 Å². The van der Waals surface area contributed by atoms with Crippen LogP contribution in [0.4, 0.5) is 0 Å². The lowest BCUT2D eigenvalue weighted by Gasteiger charge is -2.12. The fraction of sp³-hybridized carbons (Fsp3) is 0.471. The van der Waals surface area contributed by atoms with Gasteiger partial charge in [-0.2, -0.15) is 0 Å². The number of nitrogens with zero attached hydrogens (tertiary/aromatic N) is 3. The Morgan fingerprint density at radius 1 is 1.25 bits per heavy atom. The van der Waals surface area contributed by atoms with E-state index in [-0.39, 0.29) is 11.2 Å². The molecule has 0 radical (unpaired) electrons. The number of unbranched alkanes of at least 4 members (excludes halogenated alkanes) is 3. The number of rotatable bonds is 9. The Hall–Kier alpha value is -1.53. The molecule has 1 amide bonds. The second kappa shape index (κ2) is 9.08. The molecular weight excluding hydrogens is 344 g/mol. The van der Waals surface area contributed by atoms with Crippen LogP contribution < -0.4 is 5.73 Å². The van der Waals surface area contributed by atoms with Crippen LogP contribution in [-0.4, -0.2) is 25.9 Å². The average Bonchev–Trinajstić information content (AvgIpc) is 2.95. The highest BCUT2D eigenvalue weighted by Crippen LogP contribution is 2.28. The van der Waals surface area contributed by atoms with E-state index in [1.807, 2.05) is 24.3 Å². The molecule has 1 aromatic heterocycles. The number of nitrogens with two attached hydrogens (primary N) is 1. The third-order valence-electron chi connectivity index (χ3n) is 3.74. The number of carbonyl (C=O) groups excluding carboxylic acids is 1. The van der Waals surface area contributed by atoms with Gasteiger partial charge in [-0.15, -0.1) is 10.2 Å². The summed E-state index contributed by atoms with van der Waals surface area (Å²) in [5.74, 6) is 0.441. The zero-order valence-electron chi connectivity index (χ0n) is 14.0. The first kappa shape index (κ1) is 18.8. The molecule has 0 bridgehead atoms. The third kappa shape index (κ3) is 4.98. The first-order chi connectivity index (χ1) is 11.5. The average molecular weight is 367 g/mol. The van der Waals surface area contributed by atoms with Gasteiger partial charge in [0.15, 0.2) is 11.0 Å². The quantitative estimate of drug-likeness (QED) is 0.534. The highest BCUT2D eigenvalue weighted by Gasteiger charge is 2.19. The normalized spacial score (nSPS) is 12.3. The van der Waals surface area contributed by atoms with Gasteiger partial charge in [0, 0.05) is 17.1 Å². The van der Waals surface area contributed by atoms with Gasteiger partial charge in [0.2, 0.25) is 5.91 Å². The van der Waals surface area contributed by atoms with Gasteiger partial charge >= 0.3 is 0 Å². The van der Waals surface area contributed by atoms with E-state index >= 15 is 0 Å². The predicted octanol–water partition coefficient (Wildman–Crippen LogP) is 4.14. The Labute approximate surface area is 152 Å². The van der Waals surface area contributed by atoms with E-state index in [0.717, 1.165) is 35.9 Å². The Bertz CT molecular complexity index is 672. The van der Waals surface area contributed by atoms with Crippen molar-refractivity contribution in [2.45, 2.75) is 56.5 Å². The summed E-state index contributed by atoms with van der Waals surface area (Å²) in [5.41, 5.74) is 6.34. The number of halogens is 1. The number of hydrogen-bond acceptors (Lipinski definition) is 4. The number of primary amides is 1. The van der Waals surface area contributed by atoms with Crippen LogP contribution in [0.2, 0.25) is 5.02 Å². The Morgan fingerprint density at radius 3 is 2.58 bits per heavy atom. The summed E-state index contributed by atoms with van der Waals surface area (Å²) in [6.07, 6.45) is 4.60. The lowest BCUT2D eigenvalue weighted by molar-refractivity contribution is -0.117. The van der Waals surface area contributed by atoms with Gasteiger partial charge < -0.3 is 10.3 Å². The molecule has 0 spiro atoms. The van der Waals surface area contributed by atoms with Gasteiger partial charge in [-0.05, 0) is 37.6 Å². The summed E-state index contributed by atoms with van der Waals surface area (Å²) < 4.78 is 2.07. The number of carbonyl (C=O) groups is 1. The highest BCUT2D eigenvalue weighted by atomic mass is 35.5. The molecule has 0 aliphatic heterocycles. The molecule has 0 aliphatic rings. The van der Waals surface area contributed by atoms with Crippen LogP contribution in [-0.2, 0) is 11.3 Å². The van der Waals surface area contributed by atoms with Gasteiger partial charge in [-0.1, -0.05) is 49.5 Å². The molecule has 5 nitrogen and oxygen atoms in total. The third-order valence-corrected chi connectivity index (χ3v) is 5.09. The molecule has 2 rings (SSSR count). The molecule has 130 valence electrons. The largest absolute Gasteiger partial charge is 0.369 e. The predicted molar refractivity (Wildman–Crippen MR) is 99.1 cm³/mol. The first-order valence-electron chi connectivity index (χ1n) is 8.18. The van der Waals surface area contributed by atoms with Crippen molar-refractivity contribution in [3.05, 3.63) is 29.3 Å². The van der Waals surface area contributed by atoms with E-state index in [9.17, 15) is 4.79 Å². The molecule has 2 N–H and O–H groups in total. The van der Waals surface area contributed by atoms with E-state index in [4.69, 9.17) is 17.3 Å². The van der Waals surface area contributed by atoms with Gasteiger partial charge in [0.25, 0.3) is 0 Å². The molecule has 2 aromatic rings. The minimum atomic E-state index is -0.353. The van der Waals surface area contributed by atoms with E-state index < -0.39 is 0 Å². The molecule has 0 aliphatic carbocycles. The summed E-state index contributed by atoms with van der Waals surface area (Å²) in [7, 11) is 0. The number of amides is 1. The van der Waals surface area contributed by atoms with Gasteiger partial charge in [0.05, 0.1) is 5.25 Å². The number of aromatic nitrogens is 3. The second-order valence-corrected chi connectivity index (χ2v) is 7.43. The van der Waals surface area contributed by atoms with Crippen LogP contribution in [0.5, 0.6) is 0 Å². The number of benzene rings is 1. The molecule has 1 aromatic carbocycles. The molecule has 7 heteroatoms. The fourth-order valence-electron chi connectivity index (χ4n) is 2.30. The molecule has 0 unspecified atom stereocenters. The lowest BCUT2D eigenvalue weighted by Crippen LogP contribution is -2.23. The van der Waals surface area contributed by atoms with Crippen molar-refractivity contribution in [3.63, 3.8) is 0 Å². The highest BCUT2D eigenvalue weighted by molar-refractivity contribution is 8.00. The second-order valence-electron chi connectivity index (χ2n) is 5.69. The lowest BCUT2D eigenvalue weighted by atomic mass is 10.2. The van der Waals surface area contributed by atoms with Crippen molar-refractivity contribution in [1.82, 2.24) is 14.8 Å². The van der Waals surface area contributed by atoms with Gasteiger partial charge in [-0.3, -0.25) is 4.79 Å². The van der Waals surface area contributed by atoms with Crippen LogP contribution in [0.1, 0.15) is 39.5 Å². The van der Waals surface area contributed by atoms with Crippen LogP contribution in [0.15, 0.2) is 29.4 Å². The summed E-state index contributed by atoms with van der Waals surface area (Å²) in [6, 6.07) is 7.54. The standard InChI is InChI=1S/C17H23ClN4OS/c1-3-4-5-6-11-22-16(13-7-9-14(18)10-8-13)20-21-17(22)24-12(2)15(19)23/h7-10,12H,3-6,11H2,1-2H3,(H2,19,23)/t12-/m1/s1. The van der Waals surface area contributed by atoms with Crippen molar-refractivity contribution < 1.29 is 4.79 Å². The summed E-state index contributed by atoms with van der Waals surface area (Å²) in [6.45, 7) is 4.79. The first-order valence-corrected chi connectivity index (χ1v) is 9.43. The molecule has 0 saturated heterocycles. The maximum Gasteiger partial charge on any atom is 0.230 e. The van der Waals surface area contributed by atoms with Crippen LogP contribution in [0.3, 0.4) is 0 Å². The Kier molecular flexibility index (Phi) is 7.12. The van der Waals surface area contributed by atoms with Crippen LogP contribution in [0.25, 0.3) is 11.4 Å². The summed E-state index contributed by atoms with van der Waals surface area (Å²) in [5, 5.41) is 9.66. The summed E-state index contributed by atoms with van der Waals surface area (Å²) >= 11 is 7.32. The fourth-order valence-corrected chi connectivity index (χ4v) is 3.25. The topological polar surface area (TPSA) is 73.8 Å². The van der Waals surface area contributed by atoms with Crippen molar-refractivity contribution in [3.8, 4) is 11.4 Å². The molecular formula is C17H23ClN4OS. The zero-order valence-corrected chi connectivity index (χ0v) is 15.6. The van der Waals surface area contributed by atoms with Crippen LogP contribution in [0, 0.1) is 0 Å². The molecule has 0 fully saturated rings. The SMILES string of the molecule is CCCCCCn1c(S[C@H](C)C(N)=O)nnc1-c1ccc(Cl)cc1. The zero-order chi connectivity index (χ0) is 17.5. The van der Waals surface area contributed by atoms with E-state index in [2.05, 4.69) is 21.7 Å². The van der Waals surface area contributed by atoms with Crippen molar-refractivity contribution >= 4 is 29.3 Å². The minimum Gasteiger partial charge on any atom is -0.369 e. The molecule has 1 atom stereocenters. The van der Waals surface area contributed by atoms with Gasteiger partial charge in [0.1, 0.15) is 0 Å². The minimum absolute atomic E-state index is 0.346. The Morgan fingerprint density at radius 2 is 1.96 bits per heavy atom. The van der Waals surface area contributed by atoms with E-state index in [0.29, 0.717) is 5.02 Å². The monoisotopic (exact) mass is 366 g/mol. The van der Waals surface area contributed by atoms with Gasteiger partial charge in [-0.25, -0.2) is 0 Å². The molecule has 1 heterocycles. The van der Waals surface area contributed by atoms with Crippen molar-refractivity contribution in [2.75, 3.05) is 0 Å². The number of hydrogen-bond donors (Lipinski definition) is 1. The Balaban J connectivity index is 2.26. The van der Waals surface area contributed by atoms with Crippen molar-refractivity contribution in [2.24, 2.45) is 5.73 Å². The maximum atomic E-state index is 11.4. The molecule has 24 heavy (non-hydrogen) atoms. The number of thioether (sulfide) groups is 1. The van der Waals surface area contributed by atoms with E-state index in [1.165, 1.54) is 24.6 Å². The van der Waals surface area contributed by atoms with Crippen molar-refractivity contribution in [1.29, 1.82) is 0 Å². The summed E-state index contributed by atoms with van der Waals surface area (Å²) in [4.78, 5) is 11.4. The molecule has 0 saturated carbocycles. The smallest absolute Gasteiger partial charge is 0.230 e.